The fraction of sp³-hybridized carbons (Fsp3) is 0.500. The normalized spacial score (nSPS) is 13.6. The lowest BCUT2D eigenvalue weighted by Gasteiger charge is -2.39. The molecule has 0 radical (unpaired) electrons. The van der Waals surface area contributed by atoms with E-state index in [1.54, 1.807) is 24.3 Å². The molecule has 150 valence electrons. The van der Waals surface area contributed by atoms with Gasteiger partial charge in [0.1, 0.15) is 0 Å². The molecule has 1 unspecified atom stereocenters. The average Bonchev–Trinajstić information content (AvgIpc) is 2.52. The van der Waals surface area contributed by atoms with E-state index >= 15 is 0 Å². The van der Waals surface area contributed by atoms with Crippen LogP contribution in [0.4, 0.5) is 0 Å². The molecule has 1 aromatic carbocycles. The minimum absolute atomic E-state index is 0.0307. The maximum atomic E-state index is 12.4. The van der Waals surface area contributed by atoms with Crippen LogP contribution in [-0.4, -0.2) is 33.3 Å². The van der Waals surface area contributed by atoms with Crippen LogP contribution in [0, 0.1) is 0 Å². The van der Waals surface area contributed by atoms with Gasteiger partial charge in [0.05, 0.1) is 19.6 Å². The second-order valence-corrected chi connectivity index (χ2v) is 13.5. The summed E-state index contributed by atoms with van der Waals surface area (Å²) in [6.07, 6.45) is 2.72. The smallest absolute Gasteiger partial charge is 0.308 e. The predicted octanol–water partition coefficient (Wildman–Crippen LogP) is 5.92. The number of allylic oxidation sites excluding steroid dienone is 1. The molecule has 27 heavy (non-hydrogen) atoms. The third kappa shape index (κ3) is 7.78. The third-order valence-corrected chi connectivity index (χ3v) is 9.83. The topological polar surface area (TPSA) is 52.6 Å². The maximum absolute atomic E-state index is 12.4. The van der Waals surface area contributed by atoms with Crippen molar-refractivity contribution < 1.29 is 18.8 Å². The van der Waals surface area contributed by atoms with Crippen LogP contribution < -0.4 is 0 Å². The number of hydrogen-bond acceptors (Lipinski definition) is 4. The van der Waals surface area contributed by atoms with E-state index in [1.807, 2.05) is 0 Å². The van der Waals surface area contributed by atoms with Crippen molar-refractivity contribution >= 4 is 49.3 Å². The van der Waals surface area contributed by atoms with E-state index in [9.17, 15) is 9.59 Å². The van der Waals surface area contributed by atoms with Gasteiger partial charge in [-0.1, -0.05) is 50.0 Å². The molecule has 0 amide bonds. The fourth-order valence-corrected chi connectivity index (χ4v) is 3.96. The zero-order valence-corrected chi connectivity index (χ0v) is 19.3. The largest absolute Gasteiger partial charge is 0.469 e. The first-order chi connectivity index (χ1) is 12.4. The van der Waals surface area contributed by atoms with Crippen molar-refractivity contribution in [1.82, 2.24) is 0 Å². The zero-order chi connectivity index (χ0) is 20.8. The van der Waals surface area contributed by atoms with Gasteiger partial charge >= 0.3 is 5.97 Å². The Bertz CT molecular complexity index is 708. The summed E-state index contributed by atoms with van der Waals surface area (Å²) in [6.45, 7) is 10.5. The van der Waals surface area contributed by atoms with Crippen molar-refractivity contribution in [2.75, 3.05) is 7.11 Å². The Morgan fingerprint density at radius 2 is 1.81 bits per heavy atom. The monoisotopic (exact) mass is 430 g/mol. The Hall–Kier alpha value is -1.14. The van der Waals surface area contributed by atoms with Crippen molar-refractivity contribution in [1.29, 1.82) is 0 Å². The third-order valence-electron chi connectivity index (χ3n) is 4.73. The SMILES string of the molecule is COC(=O)CC(CC(=O)C=Cc1ccc(Cl)cc1Cl)O[Si](C)(C)C(C)(C)C. The van der Waals surface area contributed by atoms with Gasteiger partial charge in [0.25, 0.3) is 0 Å². The van der Waals surface area contributed by atoms with E-state index in [4.69, 9.17) is 32.4 Å². The van der Waals surface area contributed by atoms with E-state index in [2.05, 4.69) is 33.9 Å². The summed E-state index contributed by atoms with van der Waals surface area (Å²) < 4.78 is 11.0. The molecular formula is C20H28Cl2O4Si. The second kappa shape index (κ2) is 9.87. The van der Waals surface area contributed by atoms with E-state index < -0.39 is 20.4 Å². The number of ether oxygens (including phenoxy) is 1. The van der Waals surface area contributed by atoms with E-state index in [-0.39, 0.29) is 23.7 Å². The first kappa shape index (κ1) is 23.9. The average molecular weight is 431 g/mol. The highest BCUT2D eigenvalue weighted by molar-refractivity contribution is 6.74. The van der Waals surface area contributed by atoms with Crippen molar-refractivity contribution in [3.63, 3.8) is 0 Å². The standard InChI is InChI=1S/C20H28Cl2O4Si/c1-20(2,3)27(5,6)26-17(13-19(24)25-4)12-16(23)10-8-14-7-9-15(21)11-18(14)22/h7-11,17H,12-13H2,1-6H3. The van der Waals surface area contributed by atoms with Gasteiger partial charge in [0.2, 0.25) is 0 Å². The van der Waals surface area contributed by atoms with E-state index in [0.717, 1.165) is 0 Å². The molecule has 1 atom stereocenters. The number of halogens is 2. The van der Waals surface area contributed by atoms with E-state index in [1.165, 1.54) is 13.2 Å². The molecule has 0 aliphatic heterocycles. The van der Waals surface area contributed by atoms with E-state index in [0.29, 0.717) is 15.6 Å². The first-order valence-electron chi connectivity index (χ1n) is 8.76. The Balaban J connectivity index is 2.89. The molecule has 0 aliphatic rings. The Labute approximate surface area is 173 Å². The van der Waals surface area contributed by atoms with Crippen molar-refractivity contribution in [3.05, 3.63) is 39.9 Å². The lowest BCUT2D eigenvalue weighted by atomic mass is 10.1. The van der Waals surface area contributed by atoms with Crippen LogP contribution in [0.15, 0.2) is 24.3 Å². The predicted molar refractivity (Wildman–Crippen MR) is 114 cm³/mol. The van der Waals surface area contributed by atoms with Crippen LogP contribution in [0.2, 0.25) is 28.2 Å². The first-order valence-corrected chi connectivity index (χ1v) is 12.4. The van der Waals surface area contributed by atoms with Crippen molar-refractivity contribution in [2.45, 2.75) is 57.8 Å². The molecule has 1 rings (SSSR count). The number of benzene rings is 1. The maximum Gasteiger partial charge on any atom is 0.308 e. The summed E-state index contributed by atoms with van der Waals surface area (Å²) in [5.41, 5.74) is 0.698. The van der Waals surface area contributed by atoms with Crippen molar-refractivity contribution in [3.8, 4) is 0 Å². The molecule has 0 fully saturated rings. The van der Waals surface area contributed by atoms with Gasteiger partial charge in [-0.2, -0.15) is 0 Å². The van der Waals surface area contributed by atoms with Gasteiger partial charge in [-0.05, 0) is 48.0 Å². The van der Waals surface area contributed by atoms with Gasteiger partial charge in [-0.25, -0.2) is 0 Å². The van der Waals surface area contributed by atoms with Gasteiger partial charge in [0.15, 0.2) is 14.1 Å². The Morgan fingerprint density at radius 1 is 1.19 bits per heavy atom. The van der Waals surface area contributed by atoms with Crippen LogP contribution in [0.25, 0.3) is 6.08 Å². The molecule has 0 saturated heterocycles. The van der Waals surface area contributed by atoms with Crippen molar-refractivity contribution in [2.24, 2.45) is 0 Å². The molecule has 0 spiro atoms. The Morgan fingerprint density at radius 3 is 2.33 bits per heavy atom. The molecule has 0 saturated carbocycles. The molecule has 0 bridgehead atoms. The lowest BCUT2D eigenvalue weighted by Crippen LogP contribution is -2.44. The number of carbonyl (C=O) groups excluding carboxylic acids is 2. The van der Waals surface area contributed by atoms with Gasteiger partial charge < -0.3 is 9.16 Å². The molecule has 1 aromatic rings. The van der Waals surface area contributed by atoms with Crippen LogP contribution >= 0.6 is 23.2 Å². The molecule has 0 N–H and O–H groups in total. The van der Waals surface area contributed by atoms with Crippen LogP contribution in [0.1, 0.15) is 39.2 Å². The Kier molecular flexibility index (Phi) is 8.74. The molecule has 0 aromatic heterocycles. The summed E-state index contributed by atoms with van der Waals surface area (Å²) >= 11 is 12.0. The van der Waals surface area contributed by atoms with Gasteiger partial charge in [-0.3, -0.25) is 9.59 Å². The highest BCUT2D eigenvalue weighted by Gasteiger charge is 2.39. The van der Waals surface area contributed by atoms with Crippen LogP contribution in [0.5, 0.6) is 0 Å². The molecule has 7 heteroatoms. The minimum atomic E-state index is -2.14. The summed E-state index contributed by atoms with van der Waals surface area (Å²) in [7, 11) is -0.807. The number of rotatable bonds is 8. The number of hydrogen-bond donors (Lipinski definition) is 0. The number of esters is 1. The summed E-state index contributed by atoms with van der Waals surface area (Å²) in [5.74, 6) is -0.537. The molecule has 0 heterocycles. The quantitative estimate of drug-likeness (QED) is 0.291. The molecular weight excluding hydrogens is 403 g/mol. The summed E-state index contributed by atoms with van der Waals surface area (Å²) in [5, 5.41) is 0.969. The summed E-state index contributed by atoms with van der Waals surface area (Å²) in [6, 6.07) is 5.07. The highest BCUT2D eigenvalue weighted by Crippen LogP contribution is 2.38. The van der Waals surface area contributed by atoms with Crippen LogP contribution in [-0.2, 0) is 18.8 Å². The number of ketones is 1. The van der Waals surface area contributed by atoms with Gasteiger partial charge in [-0.15, -0.1) is 0 Å². The van der Waals surface area contributed by atoms with Gasteiger partial charge in [0, 0.05) is 16.5 Å². The second-order valence-electron chi connectivity index (χ2n) is 7.95. The lowest BCUT2D eigenvalue weighted by molar-refractivity contribution is -0.142. The number of methoxy groups -OCH3 is 1. The molecule has 0 aliphatic carbocycles. The number of carbonyl (C=O) groups is 2. The zero-order valence-electron chi connectivity index (χ0n) is 16.8. The summed E-state index contributed by atoms with van der Waals surface area (Å²) in [4.78, 5) is 24.2. The molecule has 4 nitrogen and oxygen atoms in total. The van der Waals surface area contributed by atoms with Crippen LogP contribution in [0.3, 0.4) is 0 Å². The fourth-order valence-electron chi connectivity index (χ4n) is 2.13. The highest BCUT2D eigenvalue weighted by atomic mass is 35.5. The minimum Gasteiger partial charge on any atom is -0.469 e.